The van der Waals surface area contributed by atoms with E-state index in [2.05, 4.69) is 11.6 Å². The van der Waals surface area contributed by atoms with Gasteiger partial charge in [0.25, 0.3) is 5.91 Å². The minimum absolute atomic E-state index is 0.0593. The molecule has 0 unspecified atom stereocenters. The summed E-state index contributed by atoms with van der Waals surface area (Å²) in [6.45, 7) is 6.95. The van der Waals surface area contributed by atoms with E-state index in [9.17, 15) is 13.2 Å². The number of likely N-dealkylation sites (tertiary alicyclic amines) is 1. The molecule has 1 fully saturated rings. The standard InChI is InChI=1S/C16H23ClN2O3S/c1-11(2)18-23(21,22)13-6-7-15(17)14(9-13)16(20)19-8-4-5-12(3)10-19/h6-7,9,11-12,18H,4-5,8,10H2,1-3H3/t12-/m1/s1. The van der Waals surface area contributed by atoms with Crippen LogP contribution in [0.2, 0.25) is 5.02 Å². The van der Waals surface area contributed by atoms with E-state index in [1.165, 1.54) is 18.2 Å². The highest BCUT2D eigenvalue weighted by Gasteiger charge is 2.25. The first-order chi connectivity index (χ1) is 10.7. The molecule has 128 valence electrons. The van der Waals surface area contributed by atoms with Gasteiger partial charge >= 0.3 is 0 Å². The molecule has 1 atom stereocenters. The zero-order valence-electron chi connectivity index (χ0n) is 13.7. The molecule has 0 radical (unpaired) electrons. The first-order valence-corrected chi connectivity index (χ1v) is 9.68. The molecule has 0 saturated carbocycles. The maximum atomic E-state index is 12.7. The number of nitrogens with zero attached hydrogens (tertiary/aromatic N) is 1. The Hall–Kier alpha value is -1.11. The van der Waals surface area contributed by atoms with Crippen molar-refractivity contribution in [3.05, 3.63) is 28.8 Å². The van der Waals surface area contributed by atoms with Gasteiger partial charge in [-0.25, -0.2) is 13.1 Å². The van der Waals surface area contributed by atoms with Crippen molar-refractivity contribution in [2.45, 2.75) is 44.6 Å². The molecular weight excluding hydrogens is 336 g/mol. The Balaban J connectivity index is 2.32. The summed E-state index contributed by atoms with van der Waals surface area (Å²) in [7, 11) is -3.65. The Labute approximate surface area is 143 Å². The number of sulfonamides is 1. The highest BCUT2D eigenvalue weighted by atomic mass is 35.5. The Kier molecular flexibility index (Phi) is 5.70. The lowest BCUT2D eigenvalue weighted by molar-refractivity contribution is 0.0683. The van der Waals surface area contributed by atoms with Gasteiger partial charge in [-0.3, -0.25) is 4.79 Å². The summed E-state index contributed by atoms with van der Waals surface area (Å²) in [4.78, 5) is 14.5. The number of rotatable bonds is 4. The van der Waals surface area contributed by atoms with E-state index in [0.717, 1.165) is 12.8 Å². The predicted octanol–water partition coefficient (Wildman–Crippen LogP) is 2.90. The van der Waals surface area contributed by atoms with Crippen LogP contribution in [-0.4, -0.2) is 38.4 Å². The van der Waals surface area contributed by atoms with Crippen molar-refractivity contribution in [1.29, 1.82) is 0 Å². The maximum Gasteiger partial charge on any atom is 0.255 e. The lowest BCUT2D eigenvalue weighted by atomic mass is 9.99. The third kappa shape index (κ3) is 4.46. The number of hydrogen-bond donors (Lipinski definition) is 1. The van der Waals surface area contributed by atoms with E-state index < -0.39 is 10.0 Å². The molecule has 1 aromatic rings. The second-order valence-electron chi connectivity index (χ2n) is 6.42. The summed E-state index contributed by atoms with van der Waals surface area (Å²) in [6.07, 6.45) is 2.06. The molecular formula is C16H23ClN2O3S. The lowest BCUT2D eigenvalue weighted by Crippen LogP contribution is -2.39. The number of hydrogen-bond acceptors (Lipinski definition) is 3. The van der Waals surface area contributed by atoms with E-state index in [0.29, 0.717) is 19.0 Å². The van der Waals surface area contributed by atoms with Crippen LogP contribution in [0.5, 0.6) is 0 Å². The van der Waals surface area contributed by atoms with Gasteiger partial charge in [0, 0.05) is 19.1 Å². The van der Waals surface area contributed by atoms with Gasteiger partial charge in [-0.1, -0.05) is 18.5 Å². The van der Waals surface area contributed by atoms with Gasteiger partial charge in [0.1, 0.15) is 0 Å². The molecule has 1 heterocycles. The molecule has 1 aromatic carbocycles. The SMILES string of the molecule is CC(C)NS(=O)(=O)c1ccc(Cl)c(C(=O)N2CCC[C@@H](C)C2)c1. The van der Waals surface area contributed by atoms with Gasteiger partial charge in [-0.15, -0.1) is 0 Å². The normalized spacial score (nSPS) is 19.2. The highest BCUT2D eigenvalue weighted by Crippen LogP contribution is 2.24. The Morgan fingerprint density at radius 2 is 2.09 bits per heavy atom. The Bertz CT molecular complexity index is 689. The van der Waals surface area contributed by atoms with Crippen molar-refractivity contribution < 1.29 is 13.2 Å². The molecule has 23 heavy (non-hydrogen) atoms. The van der Waals surface area contributed by atoms with E-state index in [-0.39, 0.29) is 27.4 Å². The molecule has 7 heteroatoms. The second kappa shape index (κ2) is 7.20. The van der Waals surface area contributed by atoms with Crippen LogP contribution in [0.25, 0.3) is 0 Å². The number of amides is 1. The van der Waals surface area contributed by atoms with Gasteiger partial charge in [0.05, 0.1) is 15.5 Å². The minimum atomic E-state index is -3.65. The largest absolute Gasteiger partial charge is 0.338 e. The van der Waals surface area contributed by atoms with Crippen molar-refractivity contribution in [1.82, 2.24) is 9.62 Å². The molecule has 1 saturated heterocycles. The second-order valence-corrected chi connectivity index (χ2v) is 8.54. The predicted molar refractivity (Wildman–Crippen MR) is 91.2 cm³/mol. The lowest BCUT2D eigenvalue weighted by Gasteiger charge is -2.31. The average molecular weight is 359 g/mol. The molecule has 2 rings (SSSR count). The summed E-state index contributed by atoms with van der Waals surface area (Å²) < 4.78 is 27.1. The molecule has 0 aromatic heterocycles. The molecule has 1 N–H and O–H groups in total. The van der Waals surface area contributed by atoms with Crippen molar-refractivity contribution in [3.63, 3.8) is 0 Å². The third-order valence-corrected chi connectivity index (χ3v) is 5.80. The van der Waals surface area contributed by atoms with Crippen LogP contribution in [0.1, 0.15) is 44.0 Å². The number of nitrogens with one attached hydrogen (secondary N) is 1. The molecule has 1 amide bonds. The van der Waals surface area contributed by atoms with Crippen LogP contribution in [-0.2, 0) is 10.0 Å². The third-order valence-electron chi connectivity index (χ3n) is 3.81. The molecule has 0 bridgehead atoms. The van der Waals surface area contributed by atoms with E-state index in [1.807, 2.05) is 0 Å². The Morgan fingerprint density at radius 1 is 1.39 bits per heavy atom. The fraction of sp³-hybridized carbons (Fsp3) is 0.562. The molecule has 1 aliphatic rings. The Morgan fingerprint density at radius 3 is 2.70 bits per heavy atom. The van der Waals surface area contributed by atoms with Gasteiger partial charge in [-0.2, -0.15) is 0 Å². The highest BCUT2D eigenvalue weighted by molar-refractivity contribution is 7.89. The van der Waals surface area contributed by atoms with E-state index >= 15 is 0 Å². The minimum Gasteiger partial charge on any atom is -0.338 e. The summed E-state index contributed by atoms with van der Waals surface area (Å²) in [6, 6.07) is 4.03. The number of benzene rings is 1. The monoisotopic (exact) mass is 358 g/mol. The van der Waals surface area contributed by atoms with Crippen molar-refractivity contribution in [2.75, 3.05) is 13.1 Å². The van der Waals surface area contributed by atoms with Gasteiger partial charge in [-0.05, 0) is 50.8 Å². The van der Waals surface area contributed by atoms with Crippen LogP contribution in [0.3, 0.4) is 0 Å². The number of carbonyl (C=O) groups is 1. The number of piperidine rings is 1. The van der Waals surface area contributed by atoms with Crippen molar-refractivity contribution in [2.24, 2.45) is 5.92 Å². The zero-order chi connectivity index (χ0) is 17.2. The molecule has 1 aliphatic heterocycles. The average Bonchev–Trinajstić information content (AvgIpc) is 2.45. The van der Waals surface area contributed by atoms with Crippen LogP contribution >= 0.6 is 11.6 Å². The van der Waals surface area contributed by atoms with E-state index in [4.69, 9.17) is 11.6 Å². The summed E-state index contributed by atoms with van der Waals surface area (Å²) in [5, 5.41) is 0.275. The maximum absolute atomic E-state index is 12.7. The van der Waals surface area contributed by atoms with Crippen LogP contribution < -0.4 is 4.72 Å². The zero-order valence-corrected chi connectivity index (χ0v) is 15.2. The first-order valence-electron chi connectivity index (χ1n) is 7.82. The van der Waals surface area contributed by atoms with Gasteiger partial charge in [0.15, 0.2) is 0 Å². The fourth-order valence-corrected chi connectivity index (χ4v) is 4.23. The summed E-state index contributed by atoms with van der Waals surface area (Å²) >= 11 is 6.14. The topological polar surface area (TPSA) is 66.5 Å². The number of halogens is 1. The van der Waals surface area contributed by atoms with Crippen LogP contribution in [0.15, 0.2) is 23.1 Å². The van der Waals surface area contributed by atoms with Crippen molar-refractivity contribution in [3.8, 4) is 0 Å². The number of carbonyl (C=O) groups excluding carboxylic acids is 1. The van der Waals surface area contributed by atoms with Crippen molar-refractivity contribution >= 4 is 27.5 Å². The van der Waals surface area contributed by atoms with E-state index in [1.54, 1.807) is 18.7 Å². The summed E-state index contributed by atoms with van der Waals surface area (Å²) in [5.74, 6) is 0.240. The van der Waals surface area contributed by atoms with Crippen LogP contribution in [0.4, 0.5) is 0 Å². The van der Waals surface area contributed by atoms with Gasteiger partial charge < -0.3 is 4.90 Å². The fourth-order valence-electron chi connectivity index (χ4n) is 2.76. The smallest absolute Gasteiger partial charge is 0.255 e. The molecule has 5 nitrogen and oxygen atoms in total. The first kappa shape index (κ1) is 18.2. The van der Waals surface area contributed by atoms with Gasteiger partial charge in [0.2, 0.25) is 10.0 Å². The summed E-state index contributed by atoms with van der Waals surface area (Å²) in [5.41, 5.74) is 0.243. The molecule has 0 aliphatic carbocycles. The van der Waals surface area contributed by atoms with Crippen LogP contribution in [0, 0.1) is 5.92 Å². The quantitative estimate of drug-likeness (QED) is 0.899. The molecule has 0 spiro atoms.